The second-order valence-electron chi connectivity index (χ2n) is 5.25. The van der Waals surface area contributed by atoms with Crippen LogP contribution in [0, 0.1) is 6.92 Å². The summed E-state index contributed by atoms with van der Waals surface area (Å²) in [7, 11) is 0. The number of carbonyl (C=O) groups excluding carboxylic acids is 1. The molecular formula is C15H24N4O. The van der Waals surface area contributed by atoms with E-state index in [2.05, 4.69) is 15.3 Å². The van der Waals surface area contributed by atoms with Crippen molar-refractivity contribution in [2.45, 2.75) is 39.5 Å². The van der Waals surface area contributed by atoms with Crippen LogP contribution in [0.4, 0.5) is 0 Å². The summed E-state index contributed by atoms with van der Waals surface area (Å²) < 4.78 is 0. The highest BCUT2D eigenvalue weighted by atomic mass is 16.2. The first kappa shape index (κ1) is 14.9. The molecule has 1 aliphatic heterocycles. The molecule has 1 amide bonds. The number of piperidine rings is 1. The van der Waals surface area contributed by atoms with Crippen molar-refractivity contribution in [1.29, 1.82) is 0 Å². The van der Waals surface area contributed by atoms with Gasteiger partial charge in [0, 0.05) is 31.7 Å². The van der Waals surface area contributed by atoms with Gasteiger partial charge in [-0.05, 0) is 40.2 Å². The molecule has 1 unspecified atom stereocenters. The number of amides is 1. The zero-order valence-electron chi connectivity index (χ0n) is 12.6. The van der Waals surface area contributed by atoms with Gasteiger partial charge in [0.1, 0.15) is 5.82 Å². The lowest BCUT2D eigenvalue weighted by atomic mass is 9.98. The Balaban J connectivity index is 2.18. The van der Waals surface area contributed by atoms with Crippen molar-refractivity contribution in [2.24, 2.45) is 0 Å². The maximum atomic E-state index is 12.3. The summed E-state index contributed by atoms with van der Waals surface area (Å²) in [5, 5.41) is 3.37. The van der Waals surface area contributed by atoms with Gasteiger partial charge in [-0.3, -0.25) is 4.79 Å². The molecule has 1 N–H and O–H groups in total. The zero-order valence-corrected chi connectivity index (χ0v) is 12.6. The van der Waals surface area contributed by atoms with Gasteiger partial charge in [0.15, 0.2) is 0 Å². The van der Waals surface area contributed by atoms with Crippen LogP contribution in [0.3, 0.4) is 0 Å². The van der Waals surface area contributed by atoms with Gasteiger partial charge in [0.25, 0.3) is 5.91 Å². The molecule has 0 bridgehead atoms. The lowest BCUT2D eigenvalue weighted by Gasteiger charge is -2.23. The molecule has 2 heterocycles. The van der Waals surface area contributed by atoms with Crippen LogP contribution in [-0.4, -0.2) is 47.0 Å². The van der Waals surface area contributed by atoms with Crippen molar-refractivity contribution in [3.8, 4) is 0 Å². The molecule has 0 radical (unpaired) electrons. The Morgan fingerprint density at radius 3 is 2.75 bits per heavy atom. The number of aromatic nitrogens is 2. The van der Waals surface area contributed by atoms with Gasteiger partial charge in [0.05, 0.1) is 11.3 Å². The van der Waals surface area contributed by atoms with Crippen LogP contribution < -0.4 is 5.32 Å². The molecule has 0 aliphatic carbocycles. The van der Waals surface area contributed by atoms with Gasteiger partial charge in [-0.25, -0.2) is 9.97 Å². The molecule has 1 atom stereocenters. The molecular weight excluding hydrogens is 252 g/mol. The number of carbonyl (C=O) groups is 1. The number of hydrogen-bond donors (Lipinski definition) is 1. The Labute approximate surface area is 120 Å². The maximum absolute atomic E-state index is 12.3. The summed E-state index contributed by atoms with van der Waals surface area (Å²) in [4.78, 5) is 23.2. The zero-order chi connectivity index (χ0) is 14.5. The molecule has 5 heteroatoms. The van der Waals surface area contributed by atoms with E-state index in [0.717, 1.165) is 37.4 Å². The summed E-state index contributed by atoms with van der Waals surface area (Å²) in [6, 6.07) is 0. The minimum atomic E-state index is 0.0285. The smallest absolute Gasteiger partial charge is 0.257 e. The number of nitrogens with zero attached hydrogens (tertiary/aromatic N) is 3. The molecule has 0 spiro atoms. The second-order valence-corrected chi connectivity index (χ2v) is 5.25. The van der Waals surface area contributed by atoms with Crippen molar-refractivity contribution < 1.29 is 4.79 Å². The summed E-state index contributed by atoms with van der Waals surface area (Å²) in [5.74, 6) is 1.27. The molecule has 1 fully saturated rings. The molecule has 110 valence electrons. The van der Waals surface area contributed by atoms with Gasteiger partial charge >= 0.3 is 0 Å². The Morgan fingerprint density at radius 2 is 2.20 bits per heavy atom. The fourth-order valence-electron chi connectivity index (χ4n) is 2.65. The second kappa shape index (κ2) is 6.79. The lowest BCUT2D eigenvalue weighted by molar-refractivity contribution is 0.0771. The highest BCUT2D eigenvalue weighted by Crippen LogP contribution is 2.21. The number of aryl methyl sites for hydroxylation is 1. The van der Waals surface area contributed by atoms with Gasteiger partial charge in [-0.1, -0.05) is 0 Å². The molecule has 1 aromatic rings. The van der Waals surface area contributed by atoms with E-state index in [1.165, 1.54) is 0 Å². The van der Waals surface area contributed by atoms with Crippen molar-refractivity contribution in [1.82, 2.24) is 20.2 Å². The van der Waals surface area contributed by atoms with Gasteiger partial charge in [-0.15, -0.1) is 0 Å². The third kappa shape index (κ3) is 3.15. The van der Waals surface area contributed by atoms with Gasteiger partial charge < -0.3 is 10.2 Å². The molecule has 1 saturated heterocycles. The minimum Gasteiger partial charge on any atom is -0.339 e. The molecule has 2 rings (SSSR count). The van der Waals surface area contributed by atoms with E-state index in [-0.39, 0.29) is 5.91 Å². The largest absolute Gasteiger partial charge is 0.339 e. The van der Waals surface area contributed by atoms with E-state index in [1.54, 1.807) is 11.1 Å². The van der Waals surface area contributed by atoms with Crippen LogP contribution in [0.2, 0.25) is 0 Å². The fraction of sp³-hybridized carbons (Fsp3) is 0.667. The van der Waals surface area contributed by atoms with Crippen molar-refractivity contribution >= 4 is 5.91 Å². The van der Waals surface area contributed by atoms with Crippen molar-refractivity contribution in [2.75, 3.05) is 26.2 Å². The average Bonchev–Trinajstić information content (AvgIpc) is 2.49. The molecule has 0 saturated carbocycles. The Morgan fingerprint density at radius 1 is 1.45 bits per heavy atom. The molecule has 1 aromatic heterocycles. The predicted molar refractivity (Wildman–Crippen MR) is 78.9 cm³/mol. The van der Waals surface area contributed by atoms with Crippen LogP contribution >= 0.6 is 0 Å². The van der Waals surface area contributed by atoms with E-state index in [1.807, 2.05) is 20.8 Å². The summed E-state index contributed by atoms with van der Waals surface area (Å²) in [5.41, 5.74) is 1.42. The highest BCUT2D eigenvalue weighted by Gasteiger charge is 2.21. The lowest BCUT2D eigenvalue weighted by Crippen LogP contribution is -2.32. The third-order valence-corrected chi connectivity index (χ3v) is 3.94. The topological polar surface area (TPSA) is 58.1 Å². The molecule has 1 aliphatic rings. The SMILES string of the molecule is CCN(CC)C(=O)c1cnc(C2CCCNC2)nc1C. The summed E-state index contributed by atoms with van der Waals surface area (Å²) >= 11 is 0. The van der Waals surface area contributed by atoms with Crippen molar-refractivity contribution in [3.63, 3.8) is 0 Å². The quantitative estimate of drug-likeness (QED) is 0.910. The third-order valence-electron chi connectivity index (χ3n) is 3.94. The van der Waals surface area contributed by atoms with E-state index in [9.17, 15) is 4.79 Å². The standard InChI is InChI=1S/C15H24N4O/c1-4-19(5-2)15(20)13-10-17-14(18-11(13)3)12-7-6-8-16-9-12/h10,12,16H,4-9H2,1-3H3. The van der Waals surface area contributed by atoms with Crippen LogP contribution in [0.5, 0.6) is 0 Å². The first-order chi connectivity index (χ1) is 9.67. The summed E-state index contributed by atoms with van der Waals surface area (Å²) in [6.07, 6.45) is 3.98. The number of nitrogens with one attached hydrogen (secondary N) is 1. The fourth-order valence-corrected chi connectivity index (χ4v) is 2.65. The van der Waals surface area contributed by atoms with Crippen molar-refractivity contribution in [3.05, 3.63) is 23.3 Å². The van der Waals surface area contributed by atoms with Gasteiger partial charge in [0.2, 0.25) is 0 Å². The first-order valence-electron chi connectivity index (χ1n) is 7.50. The predicted octanol–water partition coefficient (Wildman–Crippen LogP) is 1.73. The highest BCUT2D eigenvalue weighted by molar-refractivity contribution is 5.94. The minimum absolute atomic E-state index is 0.0285. The normalized spacial score (nSPS) is 18.9. The summed E-state index contributed by atoms with van der Waals surface area (Å²) in [6.45, 7) is 9.31. The molecule has 5 nitrogen and oxygen atoms in total. The van der Waals surface area contributed by atoms with E-state index < -0.39 is 0 Å². The molecule has 0 aromatic carbocycles. The molecule has 20 heavy (non-hydrogen) atoms. The van der Waals surface area contributed by atoms with Crippen LogP contribution in [0.25, 0.3) is 0 Å². The maximum Gasteiger partial charge on any atom is 0.257 e. The number of rotatable bonds is 4. The van der Waals surface area contributed by atoms with E-state index in [4.69, 9.17) is 0 Å². The number of hydrogen-bond acceptors (Lipinski definition) is 4. The van der Waals surface area contributed by atoms with E-state index >= 15 is 0 Å². The average molecular weight is 276 g/mol. The Kier molecular flexibility index (Phi) is 5.06. The monoisotopic (exact) mass is 276 g/mol. The Bertz CT molecular complexity index is 465. The van der Waals surface area contributed by atoms with Crippen LogP contribution in [0.1, 0.15) is 54.5 Å². The Hall–Kier alpha value is -1.49. The first-order valence-corrected chi connectivity index (χ1v) is 7.50. The van der Waals surface area contributed by atoms with Gasteiger partial charge in [-0.2, -0.15) is 0 Å². The van der Waals surface area contributed by atoms with Crippen LogP contribution in [0.15, 0.2) is 6.20 Å². The van der Waals surface area contributed by atoms with E-state index in [0.29, 0.717) is 24.6 Å². The van der Waals surface area contributed by atoms with Crippen LogP contribution in [-0.2, 0) is 0 Å².